The minimum absolute atomic E-state index is 0.121. The standard InChI is InChI=1S/C10H12N6O/c1-5-6(8(12)17)14-9(15-7(5)11)10-13-3-4-16(10)2/h3-4H,1-2H3,(H2,12,17)(H2,11,14,15). The molecule has 0 atom stereocenters. The molecule has 0 saturated heterocycles. The molecule has 88 valence electrons. The van der Waals surface area contributed by atoms with Gasteiger partial charge in [0.2, 0.25) is 0 Å². The summed E-state index contributed by atoms with van der Waals surface area (Å²) in [5, 5.41) is 0. The number of nitrogens with zero attached hydrogens (tertiary/aromatic N) is 4. The summed E-state index contributed by atoms with van der Waals surface area (Å²) < 4.78 is 1.73. The Morgan fingerprint density at radius 2 is 2.12 bits per heavy atom. The highest BCUT2D eigenvalue weighted by atomic mass is 16.1. The number of nitrogens with two attached hydrogens (primary N) is 2. The van der Waals surface area contributed by atoms with E-state index < -0.39 is 5.91 Å². The Kier molecular flexibility index (Phi) is 2.51. The molecule has 0 fully saturated rings. The van der Waals surface area contributed by atoms with Gasteiger partial charge in [-0.15, -0.1) is 0 Å². The van der Waals surface area contributed by atoms with Crippen LogP contribution >= 0.6 is 0 Å². The third-order valence-electron chi connectivity index (χ3n) is 2.44. The molecule has 1 amide bonds. The van der Waals surface area contributed by atoms with Crippen molar-refractivity contribution >= 4 is 11.7 Å². The lowest BCUT2D eigenvalue weighted by molar-refractivity contribution is 0.0995. The largest absolute Gasteiger partial charge is 0.383 e. The van der Waals surface area contributed by atoms with Crippen LogP contribution in [0, 0.1) is 6.92 Å². The smallest absolute Gasteiger partial charge is 0.267 e. The first-order chi connectivity index (χ1) is 8.00. The Hall–Kier alpha value is -2.44. The van der Waals surface area contributed by atoms with Crippen molar-refractivity contribution in [2.45, 2.75) is 6.92 Å². The number of amides is 1. The van der Waals surface area contributed by atoms with Gasteiger partial charge in [-0.25, -0.2) is 15.0 Å². The number of hydrogen-bond acceptors (Lipinski definition) is 5. The normalized spacial score (nSPS) is 10.5. The summed E-state index contributed by atoms with van der Waals surface area (Å²) in [5.41, 5.74) is 11.6. The highest BCUT2D eigenvalue weighted by molar-refractivity contribution is 5.93. The van der Waals surface area contributed by atoms with E-state index in [9.17, 15) is 4.79 Å². The van der Waals surface area contributed by atoms with Crippen molar-refractivity contribution in [3.05, 3.63) is 23.7 Å². The molecule has 17 heavy (non-hydrogen) atoms. The number of carbonyl (C=O) groups is 1. The number of primary amides is 1. The van der Waals surface area contributed by atoms with Crippen LogP contribution < -0.4 is 11.5 Å². The van der Waals surface area contributed by atoms with Crippen LogP contribution in [0.25, 0.3) is 11.6 Å². The maximum Gasteiger partial charge on any atom is 0.267 e. The second kappa shape index (κ2) is 3.85. The molecular weight excluding hydrogens is 220 g/mol. The molecular formula is C10H12N6O. The Morgan fingerprint density at radius 3 is 2.65 bits per heavy atom. The summed E-state index contributed by atoms with van der Waals surface area (Å²) >= 11 is 0. The molecule has 0 aliphatic rings. The summed E-state index contributed by atoms with van der Waals surface area (Å²) in [6, 6.07) is 0. The number of carbonyl (C=O) groups excluding carboxylic acids is 1. The minimum atomic E-state index is -0.632. The van der Waals surface area contributed by atoms with Crippen LogP contribution in [0.15, 0.2) is 12.4 Å². The first-order valence-corrected chi connectivity index (χ1v) is 4.92. The van der Waals surface area contributed by atoms with Crippen molar-refractivity contribution in [2.24, 2.45) is 12.8 Å². The molecule has 0 aliphatic carbocycles. The molecule has 2 aromatic rings. The van der Waals surface area contributed by atoms with Crippen LogP contribution in [0.3, 0.4) is 0 Å². The summed E-state index contributed by atoms with van der Waals surface area (Å²) in [7, 11) is 1.80. The second-order valence-electron chi connectivity index (χ2n) is 3.63. The van der Waals surface area contributed by atoms with Gasteiger partial charge in [0, 0.05) is 25.0 Å². The second-order valence-corrected chi connectivity index (χ2v) is 3.63. The quantitative estimate of drug-likeness (QED) is 0.748. The number of imidazole rings is 1. The van der Waals surface area contributed by atoms with Crippen molar-refractivity contribution in [1.82, 2.24) is 19.5 Å². The van der Waals surface area contributed by atoms with Crippen molar-refractivity contribution in [1.29, 1.82) is 0 Å². The fourth-order valence-electron chi connectivity index (χ4n) is 1.45. The zero-order chi connectivity index (χ0) is 12.6. The lowest BCUT2D eigenvalue weighted by Gasteiger charge is -2.07. The van der Waals surface area contributed by atoms with Gasteiger partial charge in [0.05, 0.1) is 0 Å². The Balaban J connectivity index is 2.65. The van der Waals surface area contributed by atoms with E-state index in [1.54, 1.807) is 30.9 Å². The van der Waals surface area contributed by atoms with Gasteiger partial charge in [-0.05, 0) is 6.92 Å². The zero-order valence-corrected chi connectivity index (χ0v) is 9.51. The van der Waals surface area contributed by atoms with E-state index in [-0.39, 0.29) is 17.3 Å². The SMILES string of the molecule is Cc1c(N)nc(-c2nccn2C)nc1C(N)=O. The molecule has 7 nitrogen and oxygen atoms in total. The number of rotatable bonds is 2. The average molecular weight is 232 g/mol. The summed E-state index contributed by atoms with van der Waals surface area (Å²) in [6.07, 6.45) is 3.36. The lowest BCUT2D eigenvalue weighted by atomic mass is 10.2. The highest BCUT2D eigenvalue weighted by Gasteiger charge is 2.16. The van der Waals surface area contributed by atoms with Crippen molar-refractivity contribution in [3.63, 3.8) is 0 Å². The van der Waals surface area contributed by atoms with E-state index in [1.807, 2.05) is 0 Å². The predicted molar refractivity (Wildman–Crippen MR) is 61.9 cm³/mol. The summed E-state index contributed by atoms with van der Waals surface area (Å²) in [5.74, 6) is 0.410. The number of nitrogen functional groups attached to an aromatic ring is 1. The van der Waals surface area contributed by atoms with Crippen LogP contribution in [0.4, 0.5) is 5.82 Å². The highest BCUT2D eigenvalue weighted by Crippen LogP contribution is 2.18. The molecule has 2 rings (SSSR count). The van der Waals surface area contributed by atoms with Crippen LogP contribution in [-0.2, 0) is 7.05 Å². The van der Waals surface area contributed by atoms with Crippen molar-refractivity contribution < 1.29 is 4.79 Å². The van der Waals surface area contributed by atoms with Gasteiger partial charge in [-0.3, -0.25) is 4.79 Å². The van der Waals surface area contributed by atoms with E-state index >= 15 is 0 Å². The molecule has 2 heterocycles. The van der Waals surface area contributed by atoms with E-state index in [0.29, 0.717) is 11.4 Å². The van der Waals surface area contributed by atoms with Gasteiger partial charge in [-0.1, -0.05) is 0 Å². The Bertz CT molecular complexity index is 588. The van der Waals surface area contributed by atoms with Gasteiger partial charge in [0.25, 0.3) is 5.91 Å². The molecule has 0 radical (unpaired) electrons. The zero-order valence-electron chi connectivity index (χ0n) is 9.51. The summed E-state index contributed by atoms with van der Waals surface area (Å²) in [6.45, 7) is 1.65. The van der Waals surface area contributed by atoms with E-state index in [1.165, 1.54) is 0 Å². The van der Waals surface area contributed by atoms with Gasteiger partial charge < -0.3 is 16.0 Å². The Morgan fingerprint density at radius 1 is 1.41 bits per heavy atom. The fourth-order valence-corrected chi connectivity index (χ4v) is 1.45. The van der Waals surface area contributed by atoms with Crippen molar-refractivity contribution in [2.75, 3.05) is 5.73 Å². The van der Waals surface area contributed by atoms with Gasteiger partial charge in [0.1, 0.15) is 11.5 Å². The minimum Gasteiger partial charge on any atom is -0.383 e. The molecule has 7 heteroatoms. The maximum absolute atomic E-state index is 11.2. The number of hydrogen-bond donors (Lipinski definition) is 2. The molecule has 4 N–H and O–H groups in total. The molecule has 0 unspecified atom stereocenters. The first-order valence-electron chi connectivity index (χ1n) is 4.92. The maximum atomic E-state index is 11.2. The van der Waals surface area contributed by atoms with Crippen LogP contribution in [0.1, 0.15) is 16.1 Å². The number of aromatic nitrogens is 4. The van der Waals surface area contributed by atoms with Crippen molar-refractivity contribution in [3.8, 4) is 11.6 Å². The first kappa shape index (κ1) is 11.1. The molecule has 2 aromatic heterocycles. The van der Waals surface area contributed by atoms with Crippen LogP contribution in [0.5, 0.6) is 0 Å². The lowest BCUT2D eigenvalue weighted by Crippen LogP contribution is -2.18. The topological polar surface area (TPSA) is 113 Å². The third-order valence-corrected chi connectivity index (χ3v) is 2.44. The number of aryl methyl sites for hydroxylation is 1. The van der Waals surface area contributed by atoms with Gasteiger partial charge in [0.15, 0.2) is 11.6 Å². The number of anilines is 1. The van der Waals surface area contributed by atoms with Gasteiger partial charge >= 0.3 is 0 Å². The Labute approximate surface area is 97.5 Å². The fraction of sp³-hybridized carbons (Fsp3) is 0.200. The van der Waals surface area contributed by atoms with E-state index in [0.717, 1.165) is 0 Å². The molecule has 0 aliphatic heterocycles. The third kappa shape index (κ3) is 1.82. The molecule has 0 bridgehead atoms. The van der Waals surface area contributed by atoms with Gasteiger partial charge in [-0.2, -0.15) is 0 Å². The monoisotopic (exact) mass is 232 g/mol. The van der Waals surface area contributed by atoms with Crippen LogP contribution in [-0.4, -0.2) is 25.4 Å². The predicted octanol–water partition coefficient (Wildman–Crippen LogP) is -0.133. The molecule has 0 aromatic carbocycles. The van der Waals surface area contributed by atoms with E-state index in [4.69, 9.17) is 11.5 Å². The molecule has 0 spiro atoms. The molecule has 0 saturated carbocycles. The van der Waals surface area contributed by atoms with Crippen LogP contribution in [0.2, 0.25) is 0 Å². The van der Waals surface area contributed by atoms with E-state index in [2.05, 4.69) is 15.0 Å². The summed E-state index contributed by atoms with van der Waals surface area (Å²) in [4.78, 5) is 23.5. The average Bonchev–Trinajstić information content (AvgIpc) is 2.68.